The standard InChI is InChI=1S/C12H25NO2Si2/c1-16(2)8-9-17(3,4)13(16)11-6-5-7-15-12(14)10-11/h11H,5-10H2,1-4H3. The van der Waals surface area contributed by atoms with Crippen LogP contribution in [0.5, 0.6) is 0 Å². The zero-order valence-corrected chi connectivity index (χ0v) is 13.6. The molecule has 2 fully saturated rings. The lowest BCUT2D eigenvalue weighted by atomic mass is 10.1. The summed E-state index contributed by atoms with van der Waals surface area (Å²) in [5.41, 5.74) is 0. The van der Waals surface area contributed by atoms with Gasteiger partial charge in [-0.1, -0.05) is 26.2 Å². The van der Waals surface area contributed by atoms with Crippen LogP contribution in [0.25, 0.3) is 0 Å². The lowest BCUT2D eigenvalue weighted by molar-refractivity contribution is -0.143. The molecule has 0 saturated carbocycles. The summed E-state index contributed by atoms with van der Waals surface area (Å²) in [7, 11) is -2.51. The quantitative estimate of drug-likeness (QED) is 0.542. The average molecular weight is 272 g/mol. The van der Waals surface area contributed by atoms with Gasteiger partial charge in [-0.25, -0.2) is 0 Å². The van der Waals surface area contributed by atoms with Crippen LogP contribution in [0.4, 0.5) is 0 Å². The third-order valence-corrected chi connectivity index (χ3v) is 14.8. The van der Waals surface area contributed by atoms with E-state index in [2.05, 4.69) is 30.4 Å². The Morgan fingerprint density at radius 2 is 1.76 bits per heavy atom. The van der Waals surface area contributed by atoms with Gasteiger partial charge in [0.25, 0.3) is 0 Å². The number of ether oxygens (including phenoxy) is 1. The minimum atomic E-state index is -1.26. The molecule has 3 nitrogen and oxygen atoms in total. The van der Waals surface area contributed by atoms with Crippen molar-refractivity contribution in [2.75, 3.05) is 6.61 Å². The number of hydrogen-bond acceptors (Lipinski definition) is 3. The Morgan fingerprint density at radius 1 is 1.18 bits per heavy atom. The van der Waals surface area contributed by atoms with E-state index in [0.717, 1.165) is 12.8 Å². The van der Waals surface area contributed by atoms with Crippen molar-refractivity contribution in [3.63, 3.8) is 0 Å². The number of esters is 1. The first-order valence-corrected chi connectivity index (χ1v) is 13.1. The van der Waals surface area contributed by atoms with Crippen molar-refractivity contribution in [1.82, 2.24) is 4.23 Å². The van der Waals surface area contributed by atoms with E-state index in [4.69, 9.17) is 4.74 Å². The summed E-state index contributed by atoms with van der Waals surface area (Å²) in [5, 5.41) is 0. The van der Waals surface area contributed by atoms with Crippen molar-refractivity contribution >= 4 is 22.4 Å². The third-order valence-electron chi connectivity index (χ3n) is 4.37. The topological polar surface area (TPSA) is 29.5 Å². The molecule has 0 radical (unpaired) electrons. The van der Waals surface area contributed by atoms with Crippen LogP contribution in [0.2, 0.25) is 38.3 Å². The number of carbonyl (C=O) groups is 1. The number of hydrogen-bond donors (Lipinski definition) is 0. The van der Waals surface area contributed by atoms with Gasteiger partial charge in [0.2, 0.25) is 0 Å². The van der Waals surface area contributed by atoms with Crippen LogP contribution in [0.3, 0.4) is 0 Å². The van der Waals surface area contributed by atoms with Crippen LogP contribution in [-0.4, -0.2) is 39.3 Å². The third kappa shape index (κ3) is 2.66. The lowest BCUT2D eigenvalue weighted by Crippen LogP contribution is -2.59. The molecule has 0 spiro atoms. The van der Waals surface area contributed by atoms with Crippen molar-refractivity contribution < 1.29 is 9.53 Å². The van der Waals surface area contributed by atoms with E-state index in [0.29, 0.717) is 19.1 Å². The van der Waals surface area contributed by atoms with Crippen LogP contribution < -0.4 is 0 Å². The van der Waals surface area contributed by atoms with Gasteiger partial charge in [-0.05, 0) is 24.9 Å². The predicted octanol–water partition coefficient (Wildman–Crippen LogP) is 2.81. The smallest absolute Gasteiger partial charge is 0.307 e. The fraction of sp³-hybridized carbons (Fsp3) is 0.917. The first-order chi connectivity index (χ1) is 7.83. The molecule has 5 heteroatoms. The average Bonchev–Trinajstić information content (AvgIpc) is 2.38. The molecule has 2 aliphatic rings. The van der Waals surface area contributed by atoms with Gasteiger partial charge in [0.1, 0.15) is 16.5 Å². The number of cyclic esters (lactones) is 1. The van der Waals surface area contributed by atoms with Crippen molar-refractivity contribution in [2.45, 2.75) is 63.6 Å². The molecule has 0 aromatic carbocycles. The van der Waals surface area contributed by atoms with Gasteiger partial charge in [-0.2, -0.15) is 0 Å². The zero-order chi connectivity index (χ0) is 12.7. The Balaban J connectivity index is 2.21. The minimum absolute atomic E-state index is 0.0222. The first kappa shape index (κ1) is 13.3. The maximum atomic E-state index is 11.7. The van der Waals surface area contributed by atoms with Crippen molar-refractivity contribution in [3.05, 3.63) is 0 Å². The normalized spacial score (nSPS) is 33.2. The van der Waals surface area contributed by atoms with Crippen molar-refractivity contribution in [3.8, 4) is 0 Å². The lowest BCUT2D eigenvalue weighted by Gasteiger charge is -2.44. The van der Waals surface area contributed by atoms with E-state index in [1.165, 1.54) is 12.1 Å². The van der Waals surface area contributed by atoms with Gasteiger partial charge < -0.3 is 8.97 Å². The van der Waals surface area contributed by atoms with E-state index in [-0.39, 0.29) is 5.97 Å². The van der Waals surface area contributed by atoms with Crippen LogP contribution in [0.1, 0.15) is 19.3 Å². The second kappa shape index (κ2) is 4.51. The summed E-state index contributed by atoms with van der Waals surface area (Å²) in [4.78, 5) is 11.7. The Kier molecular flexibility index (Phi) is 3.53. The van der Waals surface area contributed by atoms with E-state index in [1.54, 1.807) is 0 Å². The van der Waals surface area contributed by atoms with Gasteiger partial charge in [0, 0.05) is 6.04 Å². The van der Waals surface area contributed by atoms with Crippen LogP contribution >= 0.6 is 0 Å². The molecule has 0 aromatic heterocycles. The molecule has 2 heterocycles. The summed E-state index contributed by atoms with van der Waals surface area (Å²) in [5.74, 6) is 0.0222. The summed E-state index contributed by atoms with van der Waals surface area (Å²) in [6, 6.07) is 3.31. The van der Waals surface area contributed by atoms with Gasteiger partial charge in [0.05, 0.1) is 13.0 Å². The van der Waals surface area contributed by atoms with E-state index < -0.39 is 16.5 Å². The molecule has 0 amide bonds. The monoisotopic (exact) mass is 271 g/mol. The highest BCUT2D eigenvalue weighted by atomic mass is 28.4. The van der Waals surface area contributed by atoms with Gasteiger partial charge in [-0.3, -0.25) is 4.79 Å². The molecular weight excluding hydrogens is 246 g/mol. The first-order valence-electron chi connectivity index (χ1n) is 6.78. The summed E-state index contributed by atoms with van der Waals surface area (Å²) < 4.78 is 8.05. The highest BCUT2D eigenvalue weighted by Gasteiger charge is 2.50. The Labute approximate surface area is 107 Å². The molecule has 0 aromatic rings. The van der Waals surface area contributed by atoms with Crippen LogP contribution in [-0.2, 0) is 9.53 Å². The second-order valence-corrected chi connectivity index (χ2v) is 16.4. The summed E-state index contributed by atoms with van der Waals surface area (Å²) in [6.07, 6.45) is 2.83. The molecule has 2 aliphatic heterocycles. The van der Waals surface area contributed by atoms with Gasteiger partial charge >= 0.3 is 5.97 Å². The SMILES string of the molecule is C[Si]1(C)CC[Si](C)(C)N1C1CCCOC(=O)C1. The Morgan fingerprint density at radius 3 is 2.35 bits per heavy atom. The minimum Gasteiger partial charge on any atom is -0.466 e. The van der Waals surface area contributed by atoms with Crippen molar-refractivity contribution in [1.29, 1.82) is 0 Å². The number of carbonyl (C=O) groups excluding carboxylic acids is 1. The van der Waals surface area contributed by atoms with E-state index >= 15 is 0 Å². The highest BCUT2D eigenvalue weighted by Crippen LogP contribution is 2.40. The Bertz CT molecular complexity index is 302. The number of nitrogens with zero attached hydrogens (tertiary/aromatic N) is 1. The fourth-order valence-corrected chi connectivity index (χ4v) is 18.8. The zero-order valence-electron chi connectivity index (χ0n) is 11.6. The molecule has 2 rings (SSSR count). The van der Waals surface area contributed by atoms with Crippen LogP contribution in [0.15, 0.2) is 0 Å². The molecule has 0 aliphatic carbocycles. The van der Waals surface area contributed by atoms with Gasteiger partial charge in [-0.15, -0.1) is 0 Å². The van der Waals surface area contributed by atoms with Crippen LogP contribution in [0, 0.1) is 0 Å². The molecule has 0 N–H and O–H groups in total. The molecule has 98 valence electrons. The predicted molar refractivity (Wildman–Crippen MR) is 75.0 cm³/mol. The van der Waals surface area contributed by atoms with Gasteiger partial charge in [0.15, 0.2) is 0 Å². The second-order valence-electron chi connectivity index (χ2n) is 6.72. The summed E-state index contributed by atoms with van der Waals surface area (Å²) >= 11 is 0. The molecule has 17 heavy (non-hydrogen) atoms. The largest absolute Gasteiger partial charge is 0.466 e. The van der Waals surface area contributed by atoms with Crippen molar-refractivity contribution in [2.24, 2.45) is 0 Å². The molecule has 0 bridgehead atoms. The molecular formula is C12H25NO2Si2. The fourth-order valence-electron chi connectivity index (χ4n) is 3.74. The molecule has 2 saturated heterocycles. The summed E-state index contributed by atoms with van der Waals surface area (Å²) in [6.45, 7) is 10.5. The van der Waals surface area contributed by atoms with E-state index in [1.807, 2.05) is 0 Å². The molecule has 1 atom stereocenters. The maximum Gasteiger partial charge on any atom is 0.307 e. The Hall–Kier alpha value is -0.136. The maximum absolute atomic E-state index is 11.7. The molecule has 1 unspecified atom stereocenters. The highest BCUT2D eigenvalue weighted by molar-refractivity contribution is 6.95. The van der Waals surface area contributed by atoms with E-state index in [9.17, 15) is 4.79 Å². The number of rotatable bonds is 1.